The maximum atomic E-state index is 14.2. The van der Waals surface area contributed by atoms with E-state index >= 15 is 0 Å². The van der Waals surface area contributed by atoms with Gasteiger partial charge in [0.1, 0.15) is 36.1 Å². The maximum absolute atomic E-state index is 14.2. The monoisotopic (exact) mass is 1060 g/mol. The molecule has 4 aliphatic rings. The van der Waals surface area contributed by atoms with E-state index in [1.165, 1.54) is 11.1 Å². The van der Waals surface area contributed by atoms with E-state index in [-0.39, 0.29) is 60.1 Å². The highest BCUT2D eigenvalue weighted by atomic mass is 16.5. The number of Topliss-reactive ketones (excluding diaryl/α,β-unsaturated/α-hetero) is 1. The van der Waals surface area contributed by atoms with Gasteiger partial charge in [0, 0.05) is 54.8 Å². The van der Waals surface area contributed by atoms with Crippen LogP contribution in [0.3, 0.4) is 0 Å². The summed E-state index contributed by atoms with van der Waals surface area (Å²) in [5, 5.41) is 50.4. The first-order valence-corrected chi connectivity index (χ1v) is 28.1. The second kappa shape index (κ2) is 27.5. The number of ether oxygens (including phenoxy) is 4. The Labute approximate surface area is 461 Å². The number of carbonyl (C=O) groups excluding carboxylic acids is 1. The number of rotatable bonds is 20. The average Bonchev–Trinajstić information content (AvgIpc) is 3.62. The molecule has 5 aromatic rings. The number of phenols is 1. The smallest absolute Gasteiger partial charge is 0.192 e. The van der Waals surface area contributed by atoms with Crippen molar-refractivity contribution in [1.82, 2.24) is 0 Å². The Bertz CT molecular complexity index is 3090. The lowest BCUT2D eigenvalue weighted by Crippen LogP contribution is -2.24. The van der Waals surface area contributed by atoms with Gasteiger partial charge in [-0.25, -0.2) is 0 Å². The van der Waals surface area contributed by atoms with E-state index in [1.807, 2.05) is 61.5 Å². The fourth-order valence-corrected chi connectivity index (χ4v) is 11.6. The summed E-state index contributed by atoms with van der Waals surface area (Å²) in [5.74, 6) is 4.22. The van der Waals surface area contributed by atoms with Crippen molar-refractivity contribution in [2.45, 2.75) is 141 Å². The first-order chi connectivity index (χ1) is 37.9. The van der Waals surface area contributed by atoms with Gasteiger partial charge < -0.3 is 50.4 Å². The Morgan fingerprint density at radius 1 is 0.923 bits per heavy atom. The number of aromatic hydroxyl groups is 1. The highest BCUT2D eigenvalue weighted by Crippen LogP contribution is 2.47. The molecule has 0 saturated heterocycles. The number of aliphatic imine (C=N–C) groups is 1. The fraction of sp³-hybridized carbons (Fsp3) is 0.424. The van der Waals surface area contributed by atoms with E-state index in [9.17, 15) is 25.2 Å². The van der Waals surface area contributed by atoms with Crippen molar-refractivity contribution in [2.75, 3.05) is 32.7 Å². The normalized spacial score (nSPS) is 19.4. The predicted molar refractivity (Wildman–Crippen MR) is 311 cm³/mol. The lowest BCUT2D eigenvalue weighted by Gasteiger charge is -2.28. The van der Waals surface area contributed by atoms with Crippen LogP contribution >= 0.6 is 0 Å². The Kier molecular flexibility index (Phi) is 20.2. The van der Waals surface area contributed by atoms with E-state index in [1.54, 1.807) is 26.3 Å². The summed E-state index contributed by atoms with van der Waals surface area (Å²) in [4.78, 5) is 18.4. The molecule has 0 spiro atoms. The number of methoxy groups -OCH3 is 1. The molecule has 0 amide bonds. The van der Waals surface area contributed by atoms with E-state index in [0.29, 0.717) is 66.4 Å². The van der Waals surface area contributed by atoms with Crippen molar-refractivity contribution in [2.24, 2.45) is 22.6 Å². The number of ketones is 1. The van der Waals surface area contributed by atoms with Gasteiger partial charge in [0.05, 0.1) is 19.6 Å². The number of nitrogens with one attached hydrogen (secondary N) is 1. The van der Waals surface area contributed by atoms with Gasteiger partial charge in [-0.05, 0) is 169 Å². The molecule has 12 heteroatoms. The van der Waals surface area contributed by atoms with Crippen LogP contribution in [-0.2, 0) is 53.0 Å². The molecule has 0 saturated carbocycles. The standard InChI is InChI=1S/C66H79N3O9/c1-6-8-9-19-53-47(18-13-20-59(53)69-66(67)68-4)17-11-10-16-46-24-26-50(70)36-49(46)37-52-38-51(71)25-22-44-23-28-61(75-5)62(35-44)78-41-58-54-27-21-42(3)55-40-60(72)63(57(64(54)55)39-56(58)65(73)74)48(30-32-77-52)34-45-15-12-14-43(33-45)29-31-76-7-2/h12-15,18,20-21,23-24,26-28,33,35-36,39-40,42,46,48-49,52,65,70,72-74H,6-11,16-17,19,22,25,29,31,34,37-38,41H2,1-5H3,(H3,67,68,69)/t42-,46+,48-,49-,52+/m1/s1. The number of fused-ring (bicyclic) bond motifs is 9. The number of guanidine groups is 1. The molecule has 7 N–H and O–H groups in total. The first kappa shape index (κ1) is 57.1. The zero-order valence-electron chi connectivity index (χ0n) is 46.2. The largest absolute Gasteiger partial charge is 0.508 e. The molecule has 2 aliphatic heterocycles. The molecule has 2 aliphatic carbocycles. The number of benzene rings is 5. The van der Waals surface area contributed by atoms with Gasteiger partial charge in [-0.15, -0.1) is 0 Å². The van der Waals surface area contributed by atoms with Gasteiger partial charge >= 0.3 is 0 Å². The van der Waals surface area contributed by atoms with Crippen molar-refractivity contribution in [3.63, 3.8) is 0 Å². The van der Waals surface area contributed by atoms with E-state index < -0.39 is 18.3 Å². The van der Waals surface area contributed by atoms with Crippen LogP contribution in [0.1, 0.15) is 152 Å². The lowest BCUT2D eigenvalue weighted by molar-refractivity contribution is -0.121. The minimum Gasteiger partial charge on any atom is -0.508 e. The second-order valence-corrected chi connectivity index (χ2v) is 21.1. The fourth-order valence-electron chi connectivity index (χ4n) is 11.6. The molecule has 412 valence electrons. The first-order valence-electron chi connectivity index (χ1n) is 28.1. The number of nitrogens with zero attached hydrogens (tertiary/aromatic N) is 1. The van der Waals surface area contributed by atoms with Crippen LogP contribution in [0.2, 0.25) is 0 Å². The number of aryl methyl sites for hydroxylation is 2. The summed E-state index contributed by atoms with van der Waals surface area (Å²) in [6, 6.07) is 23.9. The number of allylic oxidation sites excluding steroid dienone is 4. The summed E-state index contributed by atoms with van der Waals surface area (Å²) in [7, 11) is 3.25. The average molecular weight is 1060 g/mol. The number of unbranched alkanes of at least 4 members (excludes halogenated alkanes) is 3. The highest BCUT2D eigenvalue weighted by Gasteiger charge is 2.30. The molecule has 0 unspecified atom stereocenters. The zero-order chi connectivity index (χ0) is 55.1. The van der Waals surface area contributed by atoms with Crippen LogP contribution in [0, 0.1) is 23.9 Å². The van der Waals surface area contributed by atoms with Crippen molar-refractivity contribution in [3.8, 4) is 29.3 Å². The molecule has 0 radical (unpaired) electrons. The number of aliphatic hydroxyl groups is 3. The van der Waals surface area contributed by atoms with Crippen LogP contribution in [0.25, 0.3) is 16.8 Å². The third-order valence-corrected chi connectivity index (χ3v) is 15.7. The number of carbonyl (C=O) groups is 1. The molecule has 6 bridgehead atoms. The summed E-state index contributed by atoms with van der Waals surface area (Å²) in [6.45, 7) is 7.45. The summed E-state index contributed by atoms with van der Waals surface area (Å²) < 4.78 is 24.6. The molecule has 2 heterocycles. The van der Waals surface area contributed by atoms with Crippen molar-refractivity contribution >= 4 is 34.3 Å². The van der Waals surface area contributed by atoms with Crippen molar-refractivity contribution in [1.29, 1.82) is 0 Å². The third kappa shape index (κ3) is 14.4. The molecular formula is C66H79N3O9. The molecule has 5 aromatic carbocycles. The topological polar surface area (TPSA) is 185 Å². The number of anilines is 1. The SMILES string of the molecule is CCCCCc1c(CCCC[C@H]2C=CC(O)=C[C@@H]2C[C@H]2CC(=O)CCc3ccc(OC)c(c3)OCc3c(C(O)O)cc4c(c(O)cc5c4c3C=C[C@H]5C)[C@@H](Cc3cccc(CCOCC)c3)C#CO2)cccc1NC(N)=NC. The Morgan fingerprint density at radius 2 is 1.74 bits per heavy atom. The van der Waals surface area contributed by atoms with E-state index in [2.05, 4.69) is 72.6 Å². The lowest BCUT2D eigenvalue weighted by atomic mass is 9.78. The summed E-state index contributed by atoms with van der Waals surface area (Å²) in [6.07, 6.45) is 20.7. The maximum Gasteiger partial charge on any atom is 0.192 e. The minimum atomic E-state index is -1.87. The quantitative estimate of drug-likeness (QED) is 0.0143. The van der Waals surface area contributed by atoms with Crippen molar-refractivity contribution in [3.05, 3.63) is 158 Å². The Balaban J connectivity index is 1.15. The molecule has 12 nitrogen and oxygen atoms in total. The molecule has 5 atom stereocenters. The third-order valence-electron chi connectivity index (χ3n) is 15.7. The van der Waals surface area contributed by atoms with Gasteiger partial charge in [0.2, 0.25) is 0 Å². The van der Waals surface area contributed by atoms with Gasteiger partial charge in [0.15, 0.2) is 23.7 Å². The van der Waals surface area contributed by atoms with Crippen LogP contribution in [0.4, 0.5) is 5.69 Å². The van der Waals surface area contributed by atoms with E-state index in [4.69, 9.17) is 24.7 Å². The molecule has 9 rings (SSSR count). The minimum absolute atomic E-state index is 0.00552. The highest BCUT2D eigenvalue weighted by molar-refractivity contribution is 6.01. The molecule has 78 heavy (non-hydrogen) atoms. The van der Waals surface area contributed by atoms with Crippen LogP contribution < -0.4 is 20.5 Å². The Morgan fingerprint density at radius 3 is 2.54 bits per heavy atom. The molecule has 0 aromatic heterocycles. The van der Waals surface area contributed by atoms with Crippen LogP contribution in [-0.4, -0.2) is 65.6 Å². The summed E-state index contributed by atoms with van der Waals surface area (Å²) >= 11 is 0. The Hall–Kier alpha value is -7.04. The number of phenolic OH excluding ortho intramolecular Hbond substituents is 1. The number of hydrogen-bond acceptors (Lipinski definition) is 10. The number of hydrogen-bond donors (Lipinski definition) is 6. The van der Waals surface area contributed by atoms with Gasteiger partial charge in [-0.2, -0.15) is 0 Å². The van der Waals surface area contributed by atoms with Gasteiger partial charge in [0.25, 0.3) is 0 Å². The second-order valence-electron chi connectivity index (χ2n) is 21.1. The van der Waals surface area contributed by atoms with Gasteiger partial charge in [-0.3, -0.25) is 9.79 Å². The van der Waals surface area contributed by atoms with Crippen molar-refractivity contribution < 1.29 is 44.2 Å². The van der Waals surface area contributed by atoms with Crippen LogP contribution in [0.5, 0.6) is 17.2 Å². The van der Waals surface area contributed by atoms with E-state index in [0.717, 1.165) is 96.7 Å². The number of aliphatic hydroxyl groups excluding tert-OH is 2. The number of nitrogens with two attached hydrogens (primary N) is 1. The van der Waals surface area contributed by atoms with Crippen LogP contribution in [0.15, 0.2) is 108 Å². The predicted octanol–water partition coefficient (Wildman–Crippen LogP) is 12.5. The molecular weight excluding hydrogens is 979 g/mol. The zero-order valence-corrected chi connectivity index (χ0v) is 46.2. The van der Waals surface area contributed by atoms with Gasteiger partial charge in [-0.1, -0.05) is 99.7 Å². The molecule has 0 fully saturated rings. The summed E-state index contributed by atoms with van der Waals surface area (Å²) in [5.41, 5.74) is 15.7.